The topological polar surface area (TPSA) is 96.0 Å². The molecule has 0 bridgehead atoms. The summed E-state index contributed by atoms with van der Waals surface area (Å²) in [5.41, 5.74) is 0.745. The monoisotopic (exact) mass is 551 g/mol. The van der Waals surface area contributed by atoms with Crippen LogP contribution in [0.5, 0.6) is 5.75 Å². The number of nitrogens with one attached hydrogen (secondary N) is 1. The fourth-order valence-corrected chi connectivity index (χ4v) is 5.54. The molecule has 2 amide bonds. The van der Waals surface area contributed by atoms with Crippen LogP contribution in [0.1, 0.15) is 51.0 Å². The molecule has 2 aromatic rings. The highest BCUT2D eigenvalue weighted by molar-refractivity contribution is 7.92. The van der Waals surface area contributed by atoms with Crippen molar-refractivity contribution in [3.05, 3.63) is 59.7 Å². The van der Waals surface area contributed by atoms with Crippen LogP contribution >= 0.6 is 0 Å². The molecule has 1 saturated carbocycles. The van der Waals surface area contributed by atoms with Crippen LogP contribution in [-0.2, 0) is 26.2 Å². The number of hydrogen-bond acceptors (Lipinski definition) is 5. The summed E-state index contributed by atoms with van der Waals surface area (Å²) in [7, 11) is -2.28. The molecule has 38 heavy (non-hydrogen) atoms. The molecule has 0 aromatic heterocycles. The Bertz CT molecular complexity index is 1230. The third-order valence-electron chi connectivity index (χ3n) is 6.70. The zero-order valence-electron chi connectivity index (χ0n) is 22.0. The number of methoxy groups -OCH3 is 1. The summed E-state index contributed by atoms with van der Waals surface area (Å²) in [6.07, 6.45) is 4.94. The van der Waals surface area contributed by atoms with Gasteiger partial charge in [-0.1, -0.05) is 25.0 Å². The number of halogens is 2. The largest absolute Gasteiger partial charge is 0.497 e. The van der Waals surface area contributed by atoms with Crippen LogP contribution in [0.3, 0.4) is 0 Å². The number of sulfonamides is 1. The van der Waals surface area contributed by atoms with Crippen molar-refractivity contribution >= 4 is 27.5 Å². The lowest BCUT2D eigenvalue weighted by atomic mass is 10.1. The number of nitrogens with zero attached hydrogens (tertiary/aromatic N) is 2. The van der Waals surface area contributed by atoms with Crippen molar-refractivity contribution in [1.29, 1.82) is 0 Å². The fourth-order valence-electron chi connectivity index (χ4n) is 4.59. The Morgan fingerprint density at radius 3 is 2.45 bits per heavy atom. The van der Waals surface area contributed by atoms with Gasteiger partial charge in [0.25, 0.3) is 0 Å². The van der Waals surface area contributed by atoms with Gasteiger partial charge in [0, 0.05) is 31.6 Å². The van der Waals surface area contributed by atoms with E-state index in [0.29, 0.717) is 5.75 Å². The summed E-state index contributed by atoms with van der Waals surface area (Å²) in [4.78, 5) is 27.9. The lowest BCUT2D eigenvalue weighted by Gasteiger charge is -2.30. The van der Waals surface area contributed by atoms with Crippen molar-refractivity contribution in [2.75, 3.05) is 24.2 Å². The summed E-state index contributed by atoms with van der Waals surface area (Å²) >= 11 is 0. The van der Waals surface area contributed by atoms with Gasteiger partial charge in [-0.2, -0.15) is 0 Å². The van der Waals surface area contributed by atoms with E-state index in [2.05, 4.69) is 5.32 Å². The van der Waals surface area contributed by atoms with Crippen LogP contribution in [0, 0.1) is 11.6 Å². The van der Waals surface area contributed by atoms with Gasteiger partial charge in [0.1, 0.15) is 11.8 Å². The van der Waals surface area contributed by atoms with Gasteiger partial charge >= 0.3 is 0 Å². The lowest BCUT2D eigenvalue weighted by Crippen LogP contribution is -2.49. The average molecular weight is 552 g/mol. The van der Waals surface area contributed by atoms with E-state index in [4.69, 9.17) is 4.74 Å². The first-order valence-corrected chi connectivity index (χ1v) is 14.5. The van der Waals surface area contributed by atoms with E-state index in [1.807, 2.05) is 6.07 Å². The summed E-state index contributed by atoms with van der Waals surface area (Å²) in [5.74, 6) is -2.21. The van der Waals surface area contributed by atoms with E-state index in [0.717, 1.165) is 53.9 Å². The number of anilines is 1. The Morgan fingerprint density at radius 2 is 1.82 bits per heavy atom. The standard InChI is InChI=1S/C27H35F2N3O5S/c1-19(27(34)30-21-9-4-5-10-21)31(18-20-8-6-11-23(16-20)37-2)26(33)12-7-15-32(38(3,35)36)22-13-14-24(28)25(29)17-22/h6,8,11,13-14,16-17,19,21H,4-5,7,9-10,12,15,18H2,1-3H3,(H,30,34)/t19-/m0/s1. The second kappa shape index (κ2) is 13.0. The van der Waals surface area contributed by atoms with Crippen molar-refractivity contribution in [3.8, 4) is 5.75 Å². The number of rotatable bonds is 12. The second-order valence-electron chi connectivity index (χ2n) is 9.58. The molecular formula is C27H35F2N3O5S. The van der Waals surface area contributed by atoms with Crippen molar-refractivity contribution in [3.63, 3.8) is 0 Å². The molecule has 0 unspecified atom stereocenters. The number of carbonyl (C=O) groups excluding carboxylic acids is 2. The van der Waals surface area contributed by atoms with E-state index in [-0.39, 0.29) is 49.5 Å². The molecule has 0 saturated heterocycles. The number of amides is 2. The van der Waals surface area contributed by atoms with Crippen LogP contribution in [-0.4, -0.2) is 57.1 Å². The van der Waals surface area contributed by atoms with E-state index in [1.54, 1.807) is 32.2 Å². The highest BCUT2D eigenvalue weighted by Gasteiger charge is 2.29. The quantitative estimate of drug-likeness (QED) is 0.430. The zero-order chi connectivity index (χ0) is 27.9. The maximum atomic E-state index is 13.8. The fraction of sp³-hybridized carbons (Fsp3) is 0.481. The predicted octanol–water partition coefficient (Wildman–Crippen LogP) is 4.00. The van der Waals surface area contributed by atoms with Crippen molar-refractivity contribution in [1.82, 2.24) is 10.2 Å². The first kappa shape index (κ1) is 29.3. The third-order valence-corrected chi connectivity index (χ3v) is 7.89. The Morgan fingerprint density at radius 1 is 1.11 bits per heavy atom. The molecule has 0 heterocycles. The van der Waals surface area contributed by atoms with Crippen LogP contribution in [0.4, 0.5) is 14.5 Å². The summed E-state index contributed by atoms with van der Waals surface area (Å²) in [6, 6.07) is 9.37. The Kier molecular flexibility index (Phi) is 10.1. The number of ether oxygens (including phenoxy) is 1. The first-order chi connectivity index (χ1) is 18.0. The molecule has 1 N–H and O–H groups in total. The molecule has 11 heteroatoms. The van der Waals surface area contributed by atoms with E-state index >= 15 is 0 Å². The molecule has 3 rings (SSSR count). The predicted molar refractivity (Wildman–Crippen MR) is 141 cm³/mol. The average Bonchev–Trinajstić information content (AvgIpc) is 3.39. The summed E-state index contributed by atoms with van der Waals surface area (Å²) in [5, 5.41) is 3.04. The minimum absolute atomic E-state index is 0.0311. The van der Waals surface area contributed by atoms with E-state index in [1.165, 1.54) is 11.0 Å². The molecule has 0 spiro atoms. The second-order valence-corrected chi connectivity index (χ2v) is 11.5. The van der Waals surface area contributed by atoms with Crippen molar-refractivity contribution in [2.45, 2.75) is 64.1 Å². The zero-order valence-corrected chi connectivity index (χ0v) is 22.8. The minimum atomic E-state index is -3.82. The lowest BCUT2D eigenvalue weighted by molar-refractivity contribution is -0.141. The third kappa shape index (κ3) is 7.89. The van der Waals surface area contributed by atoms with Gasteiger partial charge in [-0.25, -0.2) is 17.2 Å². The van der Waals surface area contributed by atoms with Crippen LogP contribution in [0.15, 0.2) is 42.5 Å². The highest BCUT2D eigenvalue weighted by atomic mass is 32.2. The molecule has 1 fully saturated rings. The molecule has 1 aliphatic rings. The van der Waals surface area contributed by atoms with Crippen molar-refractivity contribution < 1.29 is 31.5 Å². The molecule has 208 valence electrons. The molecule has 2 aromatic carbocycles. The van der Waals surface area contributed by atoms with Gasteiger partial charge in [-0.05, 0) is 56.0 Å². The van der Waals surface area contributed by atoms with Gasteiger partial charge in [0.15, 0.2) is 11.6 Å². The van der Waals surface area contributed by atoms with Crippen molar-refractivity contribution in [2.24, 2.45) is 0 Å². The Balaban J connectivity index is 1.74. The maximum Gasteiger partial charge on any atom is 0.242 e. The summed E-state index contributed by atoms with van der Waals surface area (Å²) in [6.45, 7) is 1.71. The minimum Gasteiger partial charge on any atom is -0.497 e. The normalized spacial score (nSPS) is 14.7. The van der Waals surface area contributed by atoms with Gasteiger partial charge in [-0.3, -0.25) is 13.9 Å². The summed E-state index contributed by atoms with van der Waals surface area (Å²) < 4.78 is 58.0. The number of hydrogen-bond donors (Lipinski definition) is 1. The number of carbonyl (C=O) groups is 2. The smallest absolute Gasteiger partial charge is 0.242 e. The van der Waals surface area contributed by atoms with Crippen LogP contribution < -0.4 is 14.4 Å². The Hall–Kier alpha value is -3.21. The highest BCUT2D eigenvalue weighted by Crippen LogP contribution is 2.23. The Labute approximate surface area is 223 Å². The van der Waals surface area contributed by atoms with E-state index < -0.39 is 27.7 Å². The molecule has 1 atom stereocenters. The first-order valence-electron chi connectivity index (χ1n) is 12.6. The molecule has 0 aliphatic heterocycles. The van der Waals surface area contributed by atoms with Gasteiger partial charge in [0.2, 0.25) is 21.8 Å². The SMILES string of the molecule is COc1cccc(CN(C(=O)CCCN(c2ccc(F)c(F)c2)S(C)(=O)=O)[C@@H](C)C(=O)NC2CCCC2)c1. The maximum absolute atomic E-state index is 13.8. The van der Waals surface area contributed by atoms with E-state index in [9.17, 15) is 26.8 Å². The van der Waals surface area contributed by atoms with Crippen LogP contribution in [0.25, 0.3) is 0 Å². The molecule has 1 aliphatic carbocycles. The number of benzene rings is 2. The van der Waals surface area contributed by atoms with Gasteiger partial charge in [0.05, 0.1) is 19.1 Å². The van der Waals surface area contributed by atoms with Crippen LogP contribution in [0.2, 0.25) is 0 Å². The molecule has 0 radical (unpaired) electrons. The van der Waals surface area contributed by atoms with Gasteiger partial charge in [-0.15, -0.1) is 0 Å². The molecule has 8 nitrogen and oxygen atoms in total. The van der Waals surface area contributed by atoms with Gasteiger partial charge < -0.3 is 15.0 Å². The molecular weight excluding hydrogens is 516 g/mol.